The highest BCUT2D eigenvalue weighted by molar-refractivity contribution is 5.47. The van der Waals surface area contributed by atoms with Gasteiger partial charge in [-0.05, 0) is 39.1 Å². The summed E-state index contributed by atoms with van der Waals surface area (Å²) in [5.41, 5.74) is 8.50. The largest absolute Gasteiger partial charge is 0.370 e. The Balaban J connectivity index is 2.12. The smallest absolute Gasteiger partial charge is 0.0390 e. The van der Waals surface area contributed by atoms with Crippen LogP contribution in [0.3, 0.4) is 0 Å². The average Bonchev–Trinajstić information content (AvgIpc) is 2.52. The van der Waals surface area contributed by atoms with Gasteiger partial charge in [0, 0.05) is 31.4 Å². The van der Waals surface area contributed by atoms with E-state index in [4.69, 9.17) is 5.73 Å². The molecule has 1 fully saturated rings. The third kappa shape index (κ3) is 2.99. The maximum absolute atomic E-state index is 5.86. The van der Waals surface area contributed by atoms with E-state index >= 15 is 0 Å². The van der Waals surface area contributed by atoms with Gasteiger partial charge >= 0.3 is 0 Å². The molecule has 1 aromatic rings. The number of hydrogen-bond donors (Lipinski definition) is 1. The summed E-state index contributed by atoms with van der Waals surface area (Å²) in [7, 11) is 2.18. The zero-order chi connectivity index (χ0) is 12.3. The number of aryl methyl sites for hydroxylation is 1. The molecule has 1 aliphatic heterocycles. The first kappa shape index (κ1) is 12.4. The van der Waals surface area contributed by atoms with Crippen LogP contribution in [0.15, 0.2) is 24.3 Å². The SMILES string of the molecule is Cc1ccc(N2CCCN(C)C(CN)C2)cc1. The first-order chi connectivity index (χ1) is 8.20. The van der Waals surface area contributed by atoms with Crippen molar-refractivity contribution in [1.82, 2.24) is 4.90 Å². The van der Waals surface area contributed by atoms with Crippen LogP contribution in [-0.4, -0.2) is 44.2 Å². The van der Waals surface area contributed by atoms with Crippen molar-refractivity contribution < 1.29 is 0 Å². The summed E-state index contributed by atoms with van der Waals surface area (Å²) in [5, 5.41) is 0. The zero-order valence-corrected chi connectivity index (χ0v) is 10.9. The number of benzene rings is 1. The Morgan fingerprint density at radius 1 is 1.24 bits per heavy atom. The molecule has 0 amide bonds. The second-order valence-electron chi connectivity index (χ2n) is 5.01. The van der Waals surface area contributed by atoms with Crippen molar-refractivity contribution >= 4 is 5.69 Å². The number of nitrogens with two attached hydrogens (primary N) is 1. The summed E-state index contributed by atoms with van der Waals surface area (Å²) in [6.07, 6.45) is 1.21. The van der Waals surface area contributed by atoms with E-state index in [1.165, 1.54) is 17.7 Å². The second-order valence-corrected chi connectivity index (χ2v) is 5.01. The standard InChI is InChI=1S/C14H23N3/c1-12-4-6-13(7-5-12)17-9-3-8-16(2)14(10-15)11-17/h4-7,14H,3,8-11,15H2,1-2H3. The first-order valence-electron chi connectivity index (χ1n) is 6.42. The molecule has 2 N–H and O–H groups in total. The minimum atomic E-state index is 0.471. The van der Waals surface area contributed by atoms with Crippen molar-refractivity contribution in [3.63, 3.8) is 0 Å². The predicted molar refractivity (Wildman–Crippen MR) is 73.5 cm³/mol. The molecule has 3 nitrogen and oxygen atoms in total. The van der Waals surface area contributed by atoms with Gasteiger partial charge in [-0.25, -0.2) is 0 Å². The van der Waals surface area contributed by atoms with E-state index in [-0.39, 0.29) is 0 Å². The zero-order valence-electron chi connectivity index (χ0n) is 10.9. The molecule has 3 heteroatoms. The summed E-state index contributed by atoms with van der Waals surface area (Å²) in [6.45, 7) is 6.17. The van der Waals surface area contributed by atoms with E-state index in [0.29, 0.717) is 6.04 Å². The number of rotatable bonds is 2. The van der Waals surface area contributed by atoms with Gasteiger partial charge in [0.1, 0.15) is 0 Å². The molecule has 0 spiro atoms. The lowest BCUT2D eigenvalue weighted by molar-refractivity contribution is 0.266. The van der Waals surface area contributed by atoms with Crippen molar-refractivity contribution in [3.05, 3.63) is 29.8 Å². The molecule has 0 aliphatic carbocycles. The first-order valence-corrected chi connectivity index (χ1v) is 6.42. The summed E-state index contributed by atoms with van der Waals surface area (Å²) >= 11 is 0. The quantitative estimate of drug-likeness (QED) is 0.839. The fourth-order valence-electron chi connectivity index (χ4n) is 2.42. The van der Waals surface area contributed by atoms with Crippen LogP contribution in [0, 0.1) is 6.92 Å². The van der Waals surface area contributed by atoms with Gasteiger partial charge in [-0.2, -0.15) is 0 Å². The molecule has 0 radical (unpaired) electrons. The molecular weight excluding hydrogens is 210 g/mol. The second kappa shape index (κ2) is 5.52. The Bertz CT molecular complexity index is 347. The molecule has 1 heterocycles. The van der Waals surface area contributed by atoms with Gasteiger partial charge in [0.05, 0.1) is 0 Å². The molecule has 2 rings (SSSR count). The average molecular weight is 233 g/mol. The molecule has 1 aliphatic rings. The van der Waals surface area contributed by atoms with Crippen LogP contribution in [0.1, 0.15) is 12.0 Å². The van der Waals surface area contributed by atoms with E-state index in [1.807, 2.05) is 0 Å². The van der Waals surface area contributed by atoms with Gasteiger partial charge in [0.2, 0.25) is 0 Å². The minimum Gasteiger partial charge on any atom is -0.370 e. The third-order valence-corrected chi connectivity index (χ3v) is 3.66. The van der Waals surface area contributed by atoms with Crippen LogP contribution >= 0.6 is 0 Å². The van der Waals surface area contributed by atoms with Crippen molar-refractivity contribution in [3.8, 4) is 0 Å². The van der Waals surface area contributed by atoms with Crippen LogP contribution in [0.25, 0.3) is 0 Å². The minimum absolute atomic E-state index is 0.471. The van der Waals surface area contributed by atoms with E-state index in [1.54, 1.807) is 0 Å². The number of hydrogen-bond acceptors (Lipinski definition) is 3. The highest BCUT2D eigenvalue weighted by Crippen LogP contribution is 2.18. The van der Waals surface area contributed by atoms with Crippen LogP contribution in [-0.2, 0) is 0 Å². The molecule has 1 atom stereocenters. The fraction of sp³-hybridized carbons (Fsp3) is 0.571. The summed E-state index contributed by atoms with van der Waals surface area (Å²) < 4.78 is 0. The Kier molecular flexibility index (Phi) is 4.02. The maximum Gasteiger partial charge on any atom is 0.0390 e. The molecule has 0 saturated carbocycles. The highest BCUT2D eigenvalue weighted by Gasteiger charge is 2.21. The Morgan fingerprint density at radius 3 is 2.59 bits per heavy atom. The number of nitrogens with zero attached hydrogens (tertiary/aromatic N) is 2. The molecule has 1 unspecified atom stereocenters. The van der Waals surface area contributed by atoms with Crippen molar-refractivity contribution in [2.75, 3.05) is 38.1 Å². The molecule has 17 heavy (non-hydrogen) atoms. The van der Waals surface area contributed by atoms with Crippen molar-refractivity contribution in [2.45, 2.75) is 19.4 Å². The van der Waals surface area contributed by atoms with Crippen molar-refractivity contribution in [2.24, 2.45) is 5.73 Å². The van der Waals surface area contributed by atoms with E-state index in [0.717, 1.165) is 26.2 Å². The van der Waals surface area contributed by atoms with E-state index < -0.39 is 0 Å². The van der Waals surface area contributed by atoms with Gasteiger partial charge in [-0.1, -0.05) is 17.7 Å². The van der Waals surface area contributed by atoms with E-state index in [2.05, 4.69) is 48.0 Å². The lowest BCUT2D eigenvalue weighted by Crippen LogP contribution is -2.43. The topological polar surface area (TPSA) is 32.5 Å². The van der Waals surface area contributed by atoms with Crippen molar-refractivity contribution in [1.29, 1.82) is 0 Å². The van der Waals surface area contributed by atoms with Gasteiger partial charge in [-0.3, -0.25) is 0 Å². The summed E-state index contributed by atoms with van der Waals surface area (Å²) in [6, 6.07) is 9.27. The normalized spacial score (nSPS) is 22.5. The van der Waals surface area contributed by atoms with Crippen LogP contribution in [0.5, 0.6) is 0 Å². The van der Waals surface area contributed by atoms with Gasteiger partial charge in [0.25, 0.3) is 0 Å². The Hall–Kier alpha value is -1.06. The lowest BCUT2D eigenvalue weighted by atomic mass is 10.2. The summed E-state index contributed by atoms with van der Waals surface area (Å²) in [5.74, 6) is 0. The lowest BCUT2D eigenvalue weighted by Gasteiger charge is -2.29. The van der Waals surface area contributed by atoms with E-state index in [9.17, 15) is 0 Å². The van der Waals surface area contributed by atoms with Crippen LogP contribution in [0.2, 0.25) is 0 Å². The number of likely N-dealkylation sites (N-methyl/N-ethyl adjacent to an activating group) is 1. The molecule has 1 saturated heterocycles. The van der Waals surface area contributed by atoms with Crippen LogP contribution in [0.4, 0.5) is 5.69 Å². The van der Waals surface area contributed by atoms with Gasteiger partial charge in [0.15, 0.2) is 0 Å². The maximum atomic E-state index is 5.86. The van der Waals surface area contributed by atoms with Crippen LogP contribution < -0.4 is 10.6 Å². The molecule has 94 valence electrons. The molecule has 0 bridgehead atoms. The van der Waals surface area contributed by atoms with Gasteiger partial charge < -0.3 is 15.5 Å². The molecular formula is C14H23N3. The highest BCUT2D eigenvalue weighted by atomic mass is 15.2. The van der Waals surface area contributed by atoms with Gasteiger partial charge in [-0.15, -0.1) is 0 Å². The number of anilines is 1. The molecule has 1 aromatic carbocycles. The monoisotopic (exact) mass is 233 g/mol. The predicted octanol–water partition coefficient (Wildman–Crippen LogP) is 1.46. The molecule has 0 aromatic heterocycles. The fourth-order valence-corrected chi connectivity index (χ4v) is 2.42. The summed E-state index contributed by atoms with van der Waals surface area (Å²) in [4.78, 5) is 4.84. The third-order valence-electron chi connectivity index (χ3n) is 3.66. The Morgan fingerprint density at radius 2 is 1.94 bits per heavy atom. The Labute approximate surface area is 104 Å².